The van der Waals surface area contributed by atoms with Crippen molar-refractivity contribution in [3.63, 3.8) is 0 Å². The van der Waals surface area contributed by atoms with Crippen molar-refractivity contribution in [3.8, 4) is 17.2 Å². The molecule has 6 nitrogen and oxygen atoms in total. The first kappa shape index (κ1) is 26.6. The van der Waals surface area contributed by atoms with Crippen LogP contribution in [0.5, 0.6) is 0 Å². The van der Waals surface area contributed by atoms with Gasteiger partial charge in [-0.1, -0.05) is 36.4 Å². The van der Waals surface area contributed by atoms with E-state index in [1.807, 2.05) is 11.4 Å². The molecule has 2 N–H and O–H groups in total. The van der Waals surface area contributed by atoms with Gasteiger partial charge in [0.2, 0.25) is 12.3 Å². The van der Waals surface area contributed by atoms with Gasteiger partial charge < -0.3 is 5.32 Å². The maximum absolute atomic E-state index is 13.9. The molecule has 0 unspecified atom stereocenters. The van der Waals surface area contributed by atoms with Crippen molar-refractivity contribution in [2.24, 2.45) is 0 Å². The lowest BCUT2D eigenvalue weighted by Crippen LogP contribution is -2.52. The highest BCUT2D eigenvalue weighted by Gasteiger charge is 2.47. The van der Waals surface area contributed by atoms with Gasteiger partial charge in [0, 0.05) is 12.7 Å². The van der Waals surface area contributed by atoms with E-state index in [2.05, 4.69) is 5.32 Å². The van der Waals surface area contributed by atoms with Crippen LogP contribution < -0.4 is 10.6 Å². The van der Waals surface area contributed by atoms with E-state index in [4.69, 9.17) is 5.26 Å². The number of amides is 1. The van der Waals surface area contributed by atoms with Gasteiger partial charge in [-0.05, 0) is 41.7 Å². The number of sulfone groups is 1. The molecule has 1 aliphatic carbocycles. The van der Waals surface area contributed by atoms with Crippen molar-refractivity contribution >= 4 is 15.7 Å². The molecule has 2 aromatic carbocycles. The topological polar surface area (TPSA) is 99.1 Å². The summed E-state index contributed by atoms with van der Waals surface area (Å²) in [5.41, 5.74) is -0.466. The lowest BCUT2D eigenvalue weighted by atomic mass is 9.99. The van der Waals surface area contributed by atoms with E-state index in [0.717, 1.165) is 18.4 Å². The zero-order valence-corrected chi connectivity index (χ0v) is 19.3. The third-order valence-corrected chi connectivity index (χ3v) is 6.74. The van der Waals surface area contributed by atoms with E-state index in [1.54, 1.807) is 0 Å². The fourth-order valence-electron chi connectivity index (χ4n) is 3.49. The number of nitrogens with one attached hydrogen (secondary N) is 2. The molecule has 0 saturated heterocycles. The largest absolute Gasteiger partial charge is 0.407 e. The summed E-state index contributed by atoms with van der Waals surface area (Å²) in [7, 11) is -3.41. The third kappa shape index (κ3) is 6.76. The predicted molar refractivity (Wildman–Crippen MR) is 117 cm³/mol. The van der Waals surface area contributed by atoms with Gasteiger partial charge in [0.15, 0.2) is 9.84 Å². The average Bonchev–Trinajstić information content (AvgIpc) is 3.55. The zero-order valence-electron chi connectivity index (χ0n) is 18.4. The number of carbonyl (C=O) groups excluding carboxylic acids is 1. The Bertz CT molecular complexity index is 1200. The maximum atomic E-state index is 13.9. The Labute approximate surface area is 199 Å². The van der Waals surface area contributed by atoms with Gasteiger partial charge in [-0.3, -0.25) is 10.1 Å². The summed E-state index contributed by atoms with van der Waals surface area (Å²) in [5, 5.41) is 13.4. The number of nitrogens with zero attached hydrogens (tertiary/aromatic N) is 1. The maximum Gasteiger partial charge on any atom is 0.407 e. The first-order chi connectivity index (χ1) is 16.2. The highest BCUT2D eigenvalue weighted by Crippen LogP contribution is 2.36. The number of hydrogen-bond donors (Lipinski definition) is 2. The van der Waals surface area contributed by atoms with Crippen LogP contribution in [0, 0.1) is 11.3 Å². The van der Waals surface area contributed by atoms with Crippen LogP contribution >= 0.6 is 0 Å². The lowest BCUT2D eigenvalue weighted by Gasteiger charge is -2.28. The van der Waals surface area contributed by atoms with Gasteiger partial charge in [0.25, 0.3) is 0 Å². The van der Waals surface area contributed by atoms with E-state index in [1.165, 1.54) is 36.4 Å². The van der Waals surface area contributed by atoms with Crippen molar-refractivity contribution in [1.29, 1.82) is 5.26 Å². The molecule has 188 valence electrons. The quantitative estimate of drug-likeness (QED) is 0.489. The predicted octanol–water partition coefficient (Wildman–Crippen LogP) is 4.15. The highest BCUT2D eigenvalue weighted by molar-refractivity contribution is 7.90. The Morgan fingerprint density at radius 3 is 1.97 bits per heavy atom. The summed E-state index contributed by atoms with van der Waals surface area (Å²) in [6.07, 6.45) is -7.48. The fraction of sp³-hybridized carbons (Fsp3) is 0.391. The van der Waals surface area contributed by atoms with Gasteiger partial charge in [-0.15, -0.1) is 0 Å². The Kier molecular flexibility index (Phi) is 7.52. The molecule has 0 spiro atoms. The van der Waals surface area contributed by atoms with Crippen LogP contribution in [0.4, 0.5) is 22.0 Å². The average molecular weight is 516 g/mol. The van der Waals surface area contributed by atoms with Crippen molar-refractivity contribution in [3.05, 3.63) is 54.1 Å². The number of halogens is 5. The van der Waals surface area contributed by atoms with Gasteiger partial charge in [-0.25, -0.2) is 17.2 Å². The van der Waals surface area contributed by atoms with Crippen molar-refractivity contribution in [1.82, 2.24) is 10.6 Å². The fourth-order valence-corrected chi connectivity index (χ4v) is 4.12. The number of rotatable bonds is 9. The Morgan fingerprint density at radius 1 is 1.06 bits per heavy atom. The second-order valence-electron chi connectivity index (χ2n) is 8.42. The van der Waals surface area contributed by atoms with Crippen LogP contribution in [-0.2, 0) is 14.6 Å². The first-order valence-electron chi connectivity index (χ1n) is 10.5. The van der Waals surface area contributed by atoms with Gasteiger partial charge in [0.05, 0.1) is 17.0 Å². The van der Waals surface area contributed by atoms with E-state index < -0.39 is 52.4 Å². The van der Waals surface area contributed by atoms with Crippen molar-refractivity contribution in [2.45, 2.75) is 54.4 Å². The minimum Gasteiger partial charge on any atom is -0.336 e. The Morgan fingerprint density at radius 2 is 1.57 bits per heavy atom. The van der Waals surface area contributed by atoms with Crippen LogP contribution in [0.1, 0.15) is 30.9 Å². The van der Waals surface area contributed by atoms with E-state index in [-0.39, 0.29) is 10.5 Å². The number of alkyl halides is 5. The molecular weight excluding hydrogens is 493 g/mol. The minimum atomic E-state index is -4.91. The van der Waals surface area contributed by atoms with Gasteiger partial charge in [0.1, 0.15) is 11.6 Å². The Balaban J connectivity index is 1.84. The molecule has 0 aromatic heterocycles. The summed E-state index contributed by atoms with van der Waals surface area (Å²) >= 11 is 0. The molecular formula is C23H22F5N3O3S. The number of nitriles is 1. The monoisotopic (exact) mass is 515 g/mol. The number of benzene rings is 2. The molecule has 2 aromatic rings. The molecule has 1 saturated carbocycles. The van der Waals surface area contributed by atoms with Crippen LogP contribution in [0.3, 0.4) is 0 Å². The van der Waals surface area contributed by atoms with Crippen LogP contribution in [0.15, 0.2) is 53.4 Å². The smallest absolute Gasteiger partial charge is 0.336 e. The molecule has 1 amide bonds. The zero-order chi connectivity index (χ0) is 26.0. The molecule has 35 heavy (non-hydrogen) atoms. The van der Waals surface area contributed by atoms with Crippen LogP contribution in [0.25, 0.3) is 11.1 Å². The second-order valence-corrected chi connectivity index (χ2v) is 10.4. The molecule has 0 heterocycles. The molecule has 0 radical (unpaired) electrons. The standard InChI is InChI=1S/C23H22F5N3O3S/c1-35(33,34)17-8-6-15(7-9-17)14-2-4-16(5-3-14)20(23(26,27)28)30-18(12-19(24)25)21(32)31-22(13-29)10-11-22/h2-9,18-20,30H,10-12H2,1H3,(H,31,32)/t18-,20-/m0/s1. The lowest BCUT2D eigenvalue weighted by molar-refractivity contribution is -0.161. The summed E-state index contributed by atoms with van der Waals surface area (Å²) in [6, 6.07) is 8.37. The van der Waals surface area contributed by atoms with Crippen LogP contribution in [0.2, 0.25) is 0 Å². The van der Waals surface area contributed by atoms with Crippen molar-refractivity contribution < 1.29 is 35.2 Å². The highest BCUT2D eigenvalue weighted by atomic mass is 32.2. The molecule has 12 heteroatoms. The van der Waals surface area contributed by atoms with E-state index in [0.29, 0.717) is 24.0 Å². The normalized spacial score (nSPS) is 16.9. The van der Waals surface area contributed by atoms with Gasteiger partial charge in [-0.2, -0.15) is 18.4 Å². The van der Waals surface area contributed by atoms with Gasteiger partial charge >= 0.3 is 6.18 Å². The van der Waals surface area contributed by atoms with Crippen LogP contribution in [-0.4, -0.2) is 44.8 Å². The van der Waals surface area contributed by atoms with E-state index >= 15 is 0 Å². The summed E-state index contributed by atoms with van der Waals surface area (Å²) in [5.74, 6) is -1.10. The number of hydrogen-bond acceptors (Lipinski definition) is 5. The first-order valence-corrected chi connectivity index (χ1v) is 12.4. The van der Waals surface area contributed by atoms with E-state index in [9.17, 15) is 35.2 Å². The second kappa shape index (κ2) is 9.91. The molecule has 3 rings (SSSR count). The summed E-state index contributed by atoms with van der Waals surface area (Å²) in [4.78, 5) is 12.5. The SMILES string of the molecule is CS(=O)(=O)c1ccc(-c2ccc([C@H](N[C@@H](CC(F)F)C(=O)NC3(C#N)CC3)C(F)(F)F)cc2)cc1. The summed E-state index contributed by atoms with van der Waals surface area (Å²) in [6.45, 7) is 0. The molecule has 1 fully saturated rings. The van der Waals surface area contributed by atoms with Crippen molar-refractivity contribution in [2.75, 3.05) is 6.26 Å². The molecule has 2 atom stereocenters. The third-order valence-electron chi connectivity index (χ3n) is 5.61. The molecule has 0 aliphatic heterocycles. The molecule has 0 bridgehead atoms. The summed E-state index contributed by atoms with van der Waals surface area (Å²) < 4.78 is 90.9. The number of carbonyl (C=O) groups is 1. The molecule has 1 aliphatic rings. The minimum absolute atomic E-state index is 0.0897. The Hall–Kier alpha value is -3.04.